The Morgan fingerprint density at radius 1 is 1.31 bits per heavy atom. The van der Waals surface area contributed by atoms with Crippen LogP contribution in [0.5, 0.6) is 0 Å². The Hall–Kier alpha value is -0.300. The van der Waals surface area contributed by atoms with Gasteiger partial charge in [-0.05, 0) is 19.3 Å². The second kappa shape index (κ2) is 14.7. The SMILES string of the molecule is C=CCNC(=NC)NCCCCCOC.I. The molecule has 0 aromatic rings. The highest BCUT2D eigenvalue weighted by molar-refractivity contribution is 14.0. The normalized spacial score (nSPS) is 10.5. The summed E-state index contributed by atoms with van der Waals surface area (Å²) in [6, 6.07) is 0. The van der Waals surface area contributed by atoms with Crippen molar-refractivity contribution in [3.8, 4) is 0 Å². The van der Waals surface area contributed by atoms with Gasteiger partial charge in [-0.25, -0.2) is 0 Å². The predicted molar refractivity (Wildman–Crippen MR) is 80.7 cm³/mol. The number of hydrogen-bond acceptors (Lipinski definition) is 2. The lowest BCUT2D eigenvalue weighted by atomic mass is 10.2. The molecule has 0 aliphatic carbocycles. The van der Waals surface area contributed by atoms with Crippen LogP contribution < -0.4 is 10.6 Å². The summed E-state index contributed by atoms with van der Waals surface area (Å²) in [7, 11) is 3.50. The first kappa shape index (κ1) is 18.1. The van der Waals surface area contributed by atoms with Gasteiger partial charge in [0.2, 0.25) is 0 Å². The maximum absolute atomic E-state index is 4.98. The summed E-state index contributed by atoms with van der Waals surface area (Å²) >= 11 is 0. The summed E-state index contributed by atoms with van der Waals surface area (Å²) in [6.07, 6.45) is 5.25. The molecule has 0 atom stereocenters. The van der Waals surface area contributed by atoms with E-state index >= 15 is 0 Å². The summed E-state index contributed by atoms with van der Waals surface area (Å²) in [5, 5.41) is 6.35. The van der Waals surface area contributed by atoms with Crippen molar-refractivity contribution in [3.63, 3.8) is 0 Å². The number of methoxy groups -OCH3 is 1. The number of aliphatic imine (C=N–C) groups is 1. The summed E-state index contributed by atoms with van der Waals surface area (Å²) in [5.74, 6) is 0.835. The van der Waals surface area contributed by atoms with Crippen molar-refractivity contribution in [2.45, 2.75) is 19.3 Å². The fourth-order valence-corrected chi connectivity index (χ4v) is 1.14. The first-order chi connectivity index (χ1) is 7.35. The minimum absolute atomic E-state index is 0. The number of ether oxygens (including phenoxy) is 1. The van der Waals surface area contributed by atoms with Gasteiger partial charge in [0.25, 0.3) is 0 Å². The number of nitrogens with zero attached hydrogens (tertiary/aromatic N) is 1. The number of unbranched alkanes of at least 4 members (excludes halogenated alkanes) is 2. The average Bonchev–Trinajstić information content (AvgIpc) is 2.27. The number of guanidine groups is 1. The summed E-state index contributed by atoms with van der Waals surface area (Å²) in [4.78, 5) is 4.08. The average molecular weight is 341 g/mol. The Morgan fingerprint density at radius 2 is 2.06 bits per heavy atom. The third kappa shape index (κ3) is 11.8. The minimum Gasteiger partial charge on any atom is -0.385 e. The van der Waals surface area contributed by atoms with Crippen LogP contribution in [-0.4, -0.2) is 39.8 Å². The van der Waals surface area contributed by atoms with Crippen molar-refractivity contribution >= 4 is 29.9 Å². The Labute approximate surface area is 116 Å². The highest BCUT2D eigenvalue weighted by Gasteiger charge is 1.94. The van der Waals surface area contributed by atoms with E-state index in [4.69, 9.17) is 4.74 Å². The zero-order valence-electron chi connectivity index (χ0n) is 10.3. The Balaban J connectivity index is 0. The van der Waals surface area contributed by atoms with E-state index < -0.39 is 0 Å². The lowest BCUT2D eigenvalue weighted by molar-refractivity contribution is 0.192. The van der Waals surface area contributed by atoms with Crippen molar-refractivity contribution in [1.82, 2.24) is 10.6 Å². The van der Waals surface area contributed by atoms with Gasteiger partial charge >= 0.3 is 0 Å². The molecule has 0 radical (unpaired) electrons. The fourth-order valence-electron chi connectivity index (χ4n) is 1.14. The van der Waals surface area contributed by atoms with Gasteiger partial charge in [0.1, 0.15) is 0 Å². The topological polar surface area (TPSA) is 45.7 Å². The zero-order valence-corrected chi connectivity index (χ0v) is 12.6. The van der Waals surface area contributed by atoms with Gasteiger partial charge in [0, 0.05) is 33.9 Å². The molecule has 5 heteroatoms. The molecule has 96 valence electrons. The Bertz CT molecular complexity index is 186. The van der Waals surface area contributed by atoms with E-state index in [0.29, 0.717) is 0 Å². The van der Waals surface area contributed by atoms with Gasteiger partial charge in [0.15, 0.2) is 5.96 Å². The van der Waals surface area contributed by atoms with Crippen LogP contribution in [0.15, 0.2) is 17.6 Å². The fraction of sp³-hybridized carbons (Fsp3) is 0.727. The first-order valence-electron chi connectivity index (χ1n) is 5.39. The largest absolute Gasteiger partial charge is 0.385 e. The lowest BCUT2D eigenvalue weighted by Crippen LogP contribution is -2.37. The summed E-state index contributed by atoms with van der Waals surface area (Å²) in [5.41, 5.74) is 0. The molecule has 0 aromatic carbocycles. The van der Waals surface area contributed by atoms with Crippen LogP contribution in [0.25, 0.3) is 0 Å². The van der Waals surface area contributed by atoms with Crippen LogP contribution in [0, 0.1) is 0 Å². The quantitative estimate of drug-likeness (QED) is 0.233. The van der Waals surface area contributed by atoms with Gasteiger partial charge in [-0.15, -0.1) is 30.6 Å². The Morgan fingerprint density at radius 3 is 2.62 bits per heavy atom. The maximum atomic E-state index is 4.98. The van der Waals surface area contributed by atoms with Gasteiger partial charge in [0.05, 0.1) is 0 Å². The summed E-state index contributed by atoms with van der Waals surface area (Å²) in [6.45, 7) is 6.17. The highest BCUT2D eigenvalue weighted by Crippen LogP contribution is 1.93. The molecule has 2 N–H and O–H groups in total. The zero-order chi connectivity index (χ0) is 11.4. The molecule has 0 aliphatic heterocycles. The number of rotatable bonds is 8. The van der Waals surface area contributed by atoms with Crippen molar-refractivity contribution in [1.29, 1.82) is 0 Å². The maximum Gasteiger partial charge on any atom is 0.191 e. The minimum atomic E-state index is 0. The van der Waals surface area contributed by atoms with Crippen LogP contribution in [0.4, 0.5) is 0 Å². The second-order valence-corrected chi connectivity index (χ2v) is 3.22. The number of hydrogen-bond donors (Lipinski definition) is 2. The molecule has 0 rings (SSSR count). The van der Waals surface area contributed by atoms with Gasteiger partial charge in [-0.3, -0.25) is 4.99 Å². The summed E-state index contributed by atoms with van der Waals surface area (Å²) < 4.78 is 4.98. The molecule has 0 fully saturated rings. The standard InChI is InChI=1S/C11H23N3O.HI/c1-4-8-13-11(12-2)14-9-6-5-7-10-15-3;/h4H,1,5-10H2,2-3H3,(H2,12,13,14);1H. The lowest BCUT2D eigenvalue weighted by Gasteiger charge is -2.09. The smallest absolute Gasteiger partial charge is 0.191 e. The van der Waals surface area contributed by atoms with E-state index in [1.807, 2.05) is 6.08 Å². The van der Waals surface area contributed by atoms with E-state index in [9.17, 15) is 0 Å². The van der Waals surface area contributed by atoms with Crippen LogP contribution in [0.3, 0.4) is 0 Å². The number of halogens is 1. The van der Waals surface area contributed by atoms with E-state index in [1.54, 1.807) is 14.2 Å². The molecule has 0 aromatic heterocycles. The Kier molecular flexibility index (Phi) is 16.6. The van der Waals surface area contributed by atoms with Gasteiger partial charge in [-0.1, -0.05) is 6.08 Å². The molecule has 0 saturated heterocycles. The van der Waals surface area contributed by atoms with Crippen LogP contribution in [0.2, 0.25) is 0 Å². The molecule has 0 heterocycles. The molecule has 4 nitrogen and oxygen atoms in total. The predicted octanol–water partition coefficient (Wildman–Crippen LogP) is 1.77. The first-order valence-corrected chi connectivity index (χ1v) is 5.39. The van der Waals surface area contributed by atoms with Crippen LogP contribution in [0.1, 0.15) is 19.3 Å². The number of nitrogens with one attached hydrogen (secondary N) is 2. The van der Waals surface area contributed by atoms with E-state index in [2.05, 4.69) is 22.2 Å². The monoisotopic (exact) mass is 341 g/mol. The van der Waals surface area contributed by atoms with E-state index in [-0.39, 0.29) is 24.0 Å². The molecule has 0 bridgehead atoms. The van der Waals surface area contributed by atoms with E-state index in [0.717, 1.165) is 38.5 Å². The highest BCUT2D eigenvalue weighted by atomic mass is 127. The third-order valence-corrected chi connectivity index (χ3v) is 1.96. The van der Waals surface area contributed by atoms with Crippen molar-refractivity contribution in [2.24, 2.45) is 4.99 Å². The second-order valence-electron chi connectivity index (χ2n) is 3.22. The van der Waals surface area contributed by atoms with Gasteiger partial charge < -0.3 is 15.4 Å². The molecule has 0 amide bonds. The van der Waals surface area contributed by atoms with Gasteiger partial charge in [-0.2, -0.15) is 0 Å². The molecular formula is C11H24IN3O. The van der Waals surface area contributed by atoms with Crippen LogP contribution >= 0.6 is 24.0 Å². The molecule has 0 unspecified atom stereocenters. The molecule has 0 aliphatic rings. The molecule has 0 saturated carbocycles. The van der Waals surface area contributed by atoms with Crippen LogP contribution in [-0.2, 0) is 4.74 Å². The van der Waals surface area contributed by atoms with Crippen molar-refractivity contribution < 1.29 is 4.74 Å². The molecule has 0 spiro atoms. The van der Waals surface area contributed by atoms with Crippen molar-refractivity contribution in [2.75, 3.05) is 33.9 Å². The molecule has 16 heavy (non-hydrogen) atoms. The third-order valence-electron chi connectivity index (χ3n) is 1.96. The van der Waals surface area contributed by atoms with Crippen molar-refractivity contribution in [3.05, 3.63) is 12.7 Å². The molecular weight excluding hydrogens is 317 g/mol. The van der Waals surface area contributed by atoms with E-state index in [1.165, 1.54) is 6.42 Å².